The minimum atomic E-state index is -0.992. The molecule has 0 saturated heterocycles. The van der Waals surface area contributed by atoms with Crippen molar-refractivity contribution in [2.45, 2.75) is 12.8 Å². The number of rotatable bonds is 2. The predicted molar refractivity (Wildman–Crippen MR) is 51.7 cm³/mol. The minimum Gasteiger partial charge on any atom is -0.505 e. The van der Waals surface area contributed by atoms with E-state index in [2.05, 4.69) is 4.98 Å². The van der Waals surface area contributed by atoms with E-state index >= 15 is 0 Å². The van der Waals surface area contributed by atoms with Gasteiger partial charge in [-0.15, -0.1) is 0 Å². The smallest absolute Gasteiger partial charge is 0.310 e. The number of hydrogen-bond donors (Lipinski definition) is 2. The zero-order chi connectivity index (χ0) is 11.0. The standard InChI is InChI=1S/C10H9NO4/c1-5(10(13)14)6-2-3-7-8(9(6)12)11-4-15-7/h2-5,12H,1H3,(H,13,14). The molecule has 0 amide bonds. The number of benzene rings is 1. The maximum Gasteiger partial charge on any atom is 0.310 e. The van der Waals surface area contributed by atoms with Gasteiger partial charge in [-0.05, 0) is 13.0 Å². The lowest BCUT2D eigenvalue weighted by molar-refractivity contribution is -0.138. The van der Waals surface area contributed by atoms with Gasteiger partial charge in [0.1, 0.15) is 5.75 Å². The summed E-state index contributed by atoms with van der Waals surface area (Å²) in [6.45, 7) is 1.50. The third-order valence-electron chi connectivity index (χ3n) is 2.34. The fraction of sp³-hybridized carbons (Fsp3) is 0.200. The number of phenols is 1. The SMILES string of the molecule is CC(C(=O)O)c1ccc2ocnc2c1O. The Hall–Kier alpha value is -2.04. The fourth-order valence-corrected chi connectivity index (χ4v) is 1.41. The van der Waals surface area contributed by atoms with Gasteiger partial charge in [0, 0.05) is 5.56 Å². The van der Waals surface area contributed by atoms with E-state index in [9.17, 15) is 9.90 Å². The van der Waals surface area contributed by atoms with Gasteiger partial charge in [0.15, 0.2) is 17.5 Å². The molecular weight excluding hydrogens is 198 g/mol. The van der Waals surface area contributed by atoms with E-state index < -0.39 is 11.9 Å². The number of fused-ring (bicyclic) bond motifs is 1. The van der Waals surface area contributed by atoms with E-state index in [1.807, 2.05) is 0 Å². The average molecular weight is 207 g/mol. The van der Waals surface area contributed by atoms with Gasteiger partial charge in [-0.25, -0.2) is 4.98 Å². The molecule has 2 aromatic rings. The second kappa shape index (κ2) is 3.27. The van der Waals surface area contributed by atoms with Gasteiger partial charge in [-0.2, -0.15) is 0 Å². The molecule has 0 aliphatic rings. The Morgan fingerprint density at radius 2 is 2.27 bits per heavy atom. The third kappa shape index (κ3) is 1.41. The summed E-state index contributed by atoms with van der Waals surface area (Å²) in [4.78, 5) is 14.6. The van der Waals surface area contributed by atoms with Crippen LogP contribution in [0.3, 0.4) is 0 Å². The molecule has 2 rings (SSSR count). The van der Waals surface area contributed by atoms with Gasteiger partial charge in [-0.3, -0.25) is 4.79 Å². The van der Waals surface area contributed by atoms with Crippen molar-refractivity contribution in [1.82, 2.24) is 4.98 Å². The van der Waals surface area contributed by atoms with Crippen molar-refractivity contribution in [1.29, 1.82) is 0 Å². The molecule has 1 aromatic heterocycles. The highest BCUT2D eigenvalue weighted by atomic mass is 16.4. The lowest BCUT2D eigenvalue weighted by atomic mass is 10.00. The molecule has 0 bridgehead atoms. The Labute approximate surface area is 85.0 Å². The van der Waals surface area contributed by atoms with Crippen molar-refractivity contribution >= 4 is 17.1 Å². The van der Waals surface area contributed by atoms with E-state index in [1.54, 1.807) is 6.07 Å². The number of hydrogen-bond acceptors (Lipinski definition) is 4. The summed E-state index contributed by atoms with van der Waals surface area (Å²) < 4.78 is 4.98. The van der Waals surface area contributed by atoms with Gasteiger partial charge in [-0.1, -0.05) is 6.07 Å². The molecule has 0 saturated carbocycles. The lowest BCUT2D eigenvalue weighted by Gasteiger charge is -2.08. The quantitative estimate of drug-likeness (QED) is 0.783. The van der Waals surface area contributed by atoms with Crippen LogP contribution in [0, 0.1) is 0 Å². The van der Waals surface area contributed by atoms with E-state index in [-0.39, 0.29) is 5.75 Å². The first-order chi connectivity index (χ1) is 7.11. The molecule has 1 unspecified atom stereocenters. The average Bonchev–Trinajstić information content (AvgIpc) is 2.66. The zero-order valence-electron chi connectivity index (χ0n) is 7.97. The monoisotopic (exact) mass is 207 g/mol. The minimum absolute atomic E-state index is 0.129. The maximum atomic E-state index is 10.8. The van der Waals surface area contributed by atoms with Crippen LogP contribution in [0.4, 0.5) is 0 Å². The number of aromatic hydroxyl groups is 1. The number of carboxylic acid groups (broad SMARTS) is 1. The molecule has 5 heteroatoms. The van der Waals surface area contributed by atoms with Crippen LogP contribution in [0.2, 0.25) is 0 Å². The molecule has 0 radical (unpaired) electrons. The molecular formula is C10H9NO4. The summed E-state index contributed by atoms with van der Waals surface area (Å²) in [7, 11) is 0. The molecule has 0 aliphatic heterocycles. The topological polar surface area (TPSA) is 83.6 Å². The number of phenolic OH excluding ortho intramolecular Hbond substituents is 1. The first kappa shape index (κ1) is 9.51. The number of carboxylic acids is 1. The van der Waals surface area contributed by atoms with Crippen molar-refractivity contribution in [2.24, 2.45) is 0 Å². The molecule has 15 heavy (non-hydrogen) atoms. The molecule has 1 aromatic carbocycles. The highest BCUT2D eigenvalue weighted by Crippen LogP contribution is 2.32. The molecule has 0 aliphatic carbocycles. The Morgan fingerprint density at radius 1 is 1.53 bits per heavy atom. The zero-order valence-corrected chi connectivity index (χ0v) is 7.97. The second-order valence-electron chi connectivity index (χ2n) is 3.26. The Morgan fingerprint density at radius 3 is 2.93 bits per heavy atom. The summed E-state index contributed by atoms with van der Waals surface area (Å²) in [6.07, 6.45) is 1.21. The maximum absolute atomic E-state index is 10.8. The molecule has 2 N–H and O–H groups in total. The summed E-state index contributed by atoms with van der Waals surface area (Å²) in [5.41, 5.74) is 1.07. The molecule has 78 valence electrons. The summed E-state index contributed by atoms with van der Waals surface area (Å²) in [5, 5.41) is 18.6. The molecule has 0 spiro atoms. The number of oxazole rings is 1. The highest BCUT2D eigenvalue weighted by Gasteiger charge is 2.20. The largest absolute Gasteiger partial charge is 0.505 e. The van der Waals surface area contributed by atoms with Crippen LogP contribution in [0.15, 0.2) is 22.9 Å². The van der Waals surface area contributed by atoms with Crippen molar-refractivity contribution in [2.75, 3.05) is 0 Å². The Bertz CT molecular complexity index is 517. The van der Waals surface area contributed by atoms with Gasteiger partial charge in [0.05, 0.1) is 5.92 Å². The van der Waals surface area contributed by atoms with Crippen LogP contribution in [-0.4, -0.2) is 21.2 Å². The van der Waals surface area contributed by atoms with Crippen LogP contribution >= 0.6 is 0 Å². The predicted octanol–water partition coefficient (Wildman–Crippen LogP) is 1.72. The molecule has 1 heterocycles. The normalized spacial score (nSPS) is 12.9. The summed E-state index contributed by atoms with van der Waals surface area (Å²) in [5.74, 6) is -1.89. The van der Waals surface area contributed by atoms with Crippen LogP contribution in [0.25, 0.3) is 11.1 Å². The Kier molecular flexibility index (Phi) is 2.07. The van der Waals surface area contributed by atoms with Crippen LogP contribution in [0.5, 0.6) is 5.75 Å². The number of aromatic nitrogens is 1. The van der Waals surface area contributed by atoms with Gasteiger partial charge in [0.25, 0.3) is 0 Å². The molecule has 0 fully saturated rings. The lowest BCUT2D eigenvalue weighted by Crippen LogP contribution is -2.07. The molecule has 1 atom stereocenters. The summed E-state index contributed by atoms with van der Waals surface area (Å²) in [6, 6.07) is 3.12. The summed E-state index contributed by atoms with van der Waals surface area (Å²) >= 11 is 0. The van der Waals surface area contributed by atoms with E-state index in [0.717, 1.165) is 0 Å². The van der Waals surface area contributed by atoms with Crippen molar-refractivity contribution in [3.8, 4) is 5.75 Å². The van der Waals surface area contributed by atoms with E-state index in [4.69, 9.17) is 9.52 Å². The highest BCUT2D eigenvalue weighted by molar-refractivity contribution is 5.85. The van der Waals surface area contributed by atoms with Gasteiger partial charge < -0.3 is 14.6 Å². The van der Waals surface area contributed by atoms with Crippen LogP contribution in [-0.2, 0) is 4.79 Å². The van der Waals surface area contributed by atoms with Crippen molar-refractivity contribution < 1.29 is 19.4 Å². The number of aliphatic carboxylic acids is 1. The second-order valence-corrected chi connectivity index (χ2v) is 3.26. The number of nitrogens with zero attached hydrogens (tertiary/aromatic N) is 1. The van der Waals surface area contributed by atoms with E-state index in [0.29, 0.717) is 16.7 Å². The fourth-order valence-electron chi connectivity index (χ4n) is 1.41. The number of carbonyl (C=O) groups is 1. The first-order valence-electron chi connectivity index (χ1n) is 4.39. The van der Waals surface area contributed by atoms with Crippen molar-refractivity contribution in [3.05, 3.63) is 24.1 Å². The Balaban J connectivity index is 2.62. The van der Waals surface area contributed by atoms with Crippen LogP contribution in [0.1, 0.15) is 18.4 Å². The van der Waals surface area contributed by atoms with Gasteiger partial charge >= 0.3 is 5.97 Å². The van der Waals surface area contributed by atoms with Crippen LogP contribution < -0.4 is 0 Å². The molecule has 5 nitrogen and oxygen atoms in total. The first-order valence-corrected chi connectivity index (χ1v) is 4.39. The van der Waals surface area contributed by atoms with Crippen molar-refractivity contribution in [3.63, 3.8) is 0 Å². The van der Waals surface area contributed by atoms with Gasteiger partial charge in [0.2, 0.25) is 0 Å². The van der Waals surface area contributed by atoms with E-state index in [1.165, 1.54) is 19.4 Å². The third-order valence-corrected chi connectivity index (χ3v) is 2.34.